The van der Waals surface area contributed by atoms with Crippen LogP contribution in [0, 0.1) is 13.8 Å². The Labute approximate surface area is 187 Å². The first-order valence-corrected chi connectivity index (χ1v) is 12.4. The van der Waals surface area contributed by atoms with E-state index in [0.717, 1.165) is 18.4 Å². The van der Waals surface area contributed by atoms with Crippen molar-refractivity contribution in [1.29, 1.82) is 0 Å². The Morgan fingerprint density at radius 2 is 1.61 bits per heavy atom. The molecule has 0 saturated carbocycles. The monoisotopic (exact) mass is 448 g/mol. The molecule has 0 saturated heterocycles. The van der Waals surface area contributed by atoms with Crippen molar-refractivity contribution in [3.63, 3.8) is 0 Å². The van der Waals surface area contributed by atoms with E-state index in [1.54, 1.807) is 42.6 Å². The summed E-state index contributed by atoms with van der Waals surface area (Å²) in [5.41, 5.74) is 2.57. The van der Waals surface area contributed by atoms with Crippen LogP contribution in [0.25, 0.3) is 0 Å². The molecular formula is C23H36N4O3S. The second-order valence-electron chi connectivity index (χ2n) is 8.26. The lowest BCUT2D eigenvalue weighted by Crippen LogP contribution is -2.44. The molecule has 2 aromatic rings. The molecule has 8 heteroatoms. The third-order valence-corrected chi connectivity index (χ3v) is 7.48. The fraction of sp³-hybridized carbons (Fsp3) is 0.565. The maximum absolute atomic E-state index is 13.8. The maximum atomic E-state index is 13.8. The smallest absolute Gasteiger partial charge is 0.268 e. The Kier molecular flexibility index (Phi) is 8.28. The number of aryl methyl sites for hydroxylation is 2. The predicted octanol–water partition coefficient (Wildman–Crippen LogP) is 4.00. The molecule has 172 valence electrons. The zero-order valence-corrected chi connectivity index (χ0v) is 20.7. The van der Waals surface area contributed by atoms with E-state index >= 15 is 0 Å². The molecule has 1 aromatic heterocycles. The number of carbonyl (C=O) groups excluding carboxylic acids is 1. The quantitative estimate of drug-likeness (QED) is 0.550. The summed E-state index contributed by atoms with van der Waals surface area (Å²) in [4.78, 5) is 15.0. The summed E-state index contributed by atoms with van der Waals surface area (Å²) in [6.07, 6.45) is 1.64. The molecule has 1 heterocycles. The van der Waals surface area contributed by atoms with Crippen molar-refractivity contribution in [1.82, 2.24) is 14.7 Å². The molecule has 1 amide bonds. The highest BCUT2D eigenvalue weighted by Crippen LogP contribution is 2.29. The molecule has 0 aliphatic carbocycles. The van der Waals surface area contributed by atoms with E-state index in [-0.39, 0.29) is 17.3 Å². The van der Waals surface area contributed by atoms with Crippen LogP contribution in [0.4, 0.5) is 5.69 Å². The number of carbonyl (C=O) groups is 1. The normalized spacial score (nSPS) is 11.7. The number of rotatable bonds is 10. The Balaban J connectivity index is 2.55. The van der Waals surface area contributed by atoms with Gasteiger partial charge in [0.2, 0.25) is 5.91 Å². The van der Waals surface area contributed by atoms with Crippen molar-refractivity contribution in [2.45, 2.75) is 65.2 Å². The minimum absolute atomic E-state index is 0.160. The van der Waals surface area contributed by atoms with Gasteiger partial charge in [-0.2, -0.15) is 5.10 Å². The zero-order chi connectivity index (χ0) is 23.3. The van der Waals surface area contributed by atoms with Crippen LogP contribution in [0.1, 0.15) is 63.4 Å². The van der Waals surface area contributed by atoms with Crippen LogP contribution in [-0.2, 0) is 21.9 Å². The van der Waals surface area contributed by atoms with Crippen LogP contribution in [0.15, 0.2) is 29.2 Å². The van der Waals surface area contributed by atoms with Gasteiger partial charge in [0.15, 0.2) is 0 Å². The van der Waals surface area contributed by atoms with Gasteiger partial charge >= 0.3 is 0 Å². The van der Waals surface area contributed by atoms with Gasteiger partial charge < -0.3 is 4.90 Å². The first-order chi connectivity index (χ1) is 14.5. The van der Waals surface area contributed by atoms with E-state index in [1.807, 2.05) is 26.0 Å². The van der Waals surface area contributed by atoms with Crippen molar-refractivity contribution in [2.24, 2.45) is 7.05 Å². The molecule has 0 N–H and O–H groups in total. The molecule has 0 aliphatic rings. The summed E-state index contributed by atoms with van der Waals surface area (Å²) in [7, 11) is -2.26. The molecular weight excluding hydrogens is 412 g/mol. The highest BCUT2D eigenvalue weighted by atomic mass is 32.2. The minimum Gasteiger partial charge on any atom is -0.341 e. The summed E-state index contributed by atoms with van der Waals surface area (Å²) in [5, 5.41) is 4.28. The van der Waals surface area contributed by atoms with Gasteiger partial charge in [0.05, 0.1) is 17.1 Å². The van der Waals surface area contributed by atoms with Gasteiger partial charge in [-0.3, -0.25) is 13.8 Å². The number of hydrogen-bond donors (Lipinski definition) is 0. The largest absolute Gasteiger partial charge is 0.341 e. The number of benzene rings is 1. The van der Waals surface area contributed by atoms with Gasteiger partial charge in [0.25, 0.3) is 10.0 Å². The molecule has 0 atom stereocenters. The molecule has 0 radical (unpaired) electrons. The van der Waals surface area contributed by atoms with E-state index in [2.05, 4.69) is 18.9 Å². The number of nitrogens with zero attached hydrogens (tertiary/aromatic N) is 4. The summed E-state index contributed by atoms with van der Waals surface area (Å²) in [5.74, 6) is 0.132. The van der Waals surface area contributed by atoms with Crippen molar-refractivity contribution < 1.29 is 13.2 Å². The van der Waals surface area contributed by atoms with Gasteiger partial charge in [0.1, 0.15) is 11.4 Å². The van der Waals surface area contributed by atoms with Crippen molar-refractivity contribution in [3.8, 4) is 0 Å². The lowest BCUT2D eigenvalue weighted by atomic mass is 10.0. The Bertz CT molecular complexity index is 989. The first-order valence-electron chi connectivity index (χ1n) is 10.9. The van der Waals surface area contributed by atoms with E-state index in [1.165, 1.54) is 4.31 Å². The predicted molar refractivity (Wildman–Crippen MR) is 125 cm³/mol. The Morgan fingerprint density at radius 3 is 2.03 bits per heavy atom. The van der Waals surface area contributed by atoms with E-state index in [4.69, 9.17) is 0 Å². The number of aromatic nitrogens is 2. The van der Waals surface area contributed by atoms with Gasteiger partial charge in [-0.1, -0.05) is 39.8 Å². The zero-order valence-electron chi connectivity index (χ0n) is 19.8. The Hall–Kier alpha value is -2.35. The van der Waals surface area contributed by atoms with E-state index < -0.39 is 10.0 Å². The Morgan fingerprint density at radius 1 is 1.06 bits per heavy atom. The molecule has 31 heavy (non-hydrogen) atoms. The first kappa shape index (κ1) is 24.9. The van der Waals surface area contributed by atoms with Crippen LogP contribution >= 0.6 is 0 Å². The lowest BCUT2D eigenvalue weighted by molar-refractivity contribution is -0.129. The van der Waals surface area contributed by atoms with Gasteiger partial charge in [0, 0.05) is 20.1 Å². The van der Waals surface area contributed by atoms with Crippen LogP contribution in [-0.4, -0.2) is 48.6 Å². The molecule has 0 fully saturated rings. The molecule has 0 spiro atoms. The van der Waals surface area contributed by atoms with E-state index in [9.17, 15) is 13.2 Å². The summed E-state index contributed by atoms with van der Waals surface area (Å²) in [6, 6.07) is 7.41. The molecule has 1 aromatic carbocycles. The number of amides is 1. The van der Waals surface area contributed by atoms with Crippen LogP contribution < -0.4 is 4.31 Å². The molecule has 0 unspecified atom stereocenters. The number of anilines is 1. The fourth-order valence-corrected chi connectivity index (χ4v) is 5.52. The number of sulfonamides is 1. The highest BCUT2D eigenvalue weighted by molar-refractivity contribution is 7.93. The van der Waals surface area contributed by atoms with Crippen molar-refractivity contribution in [3.05, 3.63) is 41.2 Å². The molecule has 7 nitrogen and oxygen atoms in total. The van der Waals surface area contributed by atoms with Gasteiger partial charge in [-0.25, -0.2) is 8.42 Å². The van der Waals surface area contributed by atoms with Gasteiger partial charge in [-0.05, 0) is 50.3 Å². The molecule has 0 aliphatic heterocycles. The average molecular weight is 449 g/mol. The van der Waals surface area contributed by atoms with Crippen molar-refractivity contribution >= 4 is 21.6 Å². The lowest BCUT2D eigenvalue weighted by Gasteiger charge is -2.28. The molecule has 2 rings (SSSR count). The second kappa shape index (κ2) is 10.3. The standard InChI is InChI=1S/C23H36N4O3S/c1-8-14-26(15-9-2)22(28)16-27(21-12-10-20(11-13-21)17(3)4)31(29,30)23-18(5)24-25(7)19(23)6/h10-13,17H,8-9,14-16H2,1-7H3. The highest BCUT2D eigenvalue weighted by Gasteiger charge is 2.33. The topological polar surface area (TPSA) is 75.5 Å². The van der Waals surface area contributed by atoms with Crippen LogP contribution in [0.5, 0.6) is 0 Å². The average Bonchev–Trinajstić information content (AvgIpc) is 2.97. The van der Waals surface area contributed by atoms with Crippen LogP contribution in [0.2, 0.25) is 0 Å². The second-order valence-corrected chi connectivity index (χ2v) is 10.1. The SMILES string of the molecule is CCCN(CCC)C(=O)CN(c1ccc(C(C)C)cc1)S(=O)(=O)c1c(C)nn(C)c1C. The van der Waals surface area contributed by atoms with E-state index in [0.29, 0.717) is 36.1 Å². The van der Waals surface area contributed by atoms with Crippen LogP contribution in [0.3, 0.4) is 0 Å². The third-order valence-electron chi connectivity index (χ3n) is 5.46. The molecule has 0 bridgehead atoms. The number of hydrogen-bond acceptors (Lipinski definition) is 4. The minimum atomic E-state index is -3.98. The third kappa shape index (κ3) is 5.47. The summed E-state index contributed by atoms with van der Waals surface area (Å²) < 4.78 is 30.4. The van der Waals surface area contributed by atoms with Crippen molar-refractivity contribution in [2.75, 3.05) is 23.9 Å². The fourth-order valence-electron chi connectivity index (χ4n) is 3.70. The van der Waals surface area contributed by atoms with Gasteiger partial charge in [-0.15, -0.1) is 0 Å². The summed E-state index contributed by atoms with van der Waals surface area (Å²) in [6.45, 7) is 12.6. The summed E-state index contributed by atoms with van der Waals surface area (Å²) >= 11 is 0. The maximum Gasteiger partial charge on any atom is 0.268 e.